The highest BCUT2D eigenvalue weighted by molar-refractivity contribution is 5.96. The number of esters is 2. The molecule has 5 heteroatoms. The Balaban J connectivity index is 2.25. The molecular formula is C38H43NO4. The molecule has 0 unspecified atom stereocenters. The van der Waals surface area contributed by atoms with E-state index in [4.69, 9.17) is 9.47 Å². The van der Waals surface area contributed by atoms with Crippen LogP contribution in [0.4, 0.5) is 0 Å². The van der Waals surface area contributed by atoms with Gasteiger partial charge in [-0.2, -0.15) is 5.26 Å². The second-order valence-electron chi connectivity index (χ2n) is 13.0. The normalized spacial score (nSPS) is 12.8. The Labute approximate surface area is 256 Å². The van der Waals surface area contributed by atoms with E-state index in [1.165, 1.54) is 0 Å². The topological polar surface area (TPSA) is 76.4 Å². The van der Waals surface area contributed by atoms with Crippen LogP contribution >= 0.6 is 0 Å². The molecule has 0 aliphatic carbocycles. The van der Waals surface area contributed by atoms with Gasteiger partial charge in [-0.25, -0.2) is 9.59 Å². The first-order valence-corrected chi connectivity index (χ1v) is 14.6. The van der Waals surface area contributed by atoms with Crippen molar-refractivity contribution in [2.24, 2.45) is 0 Å². The third-order valence-electron chi connectivity index (χ3n) is 6.88. The number of ether oxygens (including phenoxy) is 2. The van der Waals surface area contributed by atoms with E-state index in [1.54, 1.807) is 12.2 Å². The highest BCUT2D eigenvalue weighted by Gasteiger charge is 2.39. The van der Waals surface area contributed by atoms with Crippen molar-refractivity contribution >= 4 is 24.1 Å². The van der Waals surface area contributed by atoms with Gasteiger partial charge in [-0.1, -0.05) is 78.9 Å². The van der Waals surface area contributed by atoms with E-state index in [2.05, 4.69) is 6.07 Å². The zero-order valence-electron chi connectivity index (χ0n) is 26.7. The van der Waals surface area contributed by atoms with Crippen molar-refractivity contribution < 1.29 is 19.1 Å². The predicted molar refractivity (Wildman–Crippen MR) is 173 cm³/mol. The maximum atomic E-state index is 13.7. The minimum absolute atomic E-state index is 0.0185. The molecule has 224 valence electrons. The number of hydrogen-bond acceptors (Lipinski definition) is 5. The summed E-state index contributed by atoms with van der Waals surface area (Å²) in [5.41, 5.74) is 2.28. The molecule has 5 nitrogen and oxygen atoms in total. The molecule has 0 aliphatic heterocycles. The van der Waals surface area contributed by atoms with Gasteiger partial charge >= 0.3 is 11.9 Å². The summed E-state index contributed by atoms with van der Waals surface area (Å²) in [6.07, 6.45) is 3.64. The first kappa shape index (κ1) is 33.1. The third kappa shape index (κ3) is 9.54. The highest BCUT2D eigenvalue weighted by Crippen LogP contribution is 2.39. The number of carbonyl (C=O) groups is 2. The van der Waals surface area contributed by atoms with Gasteiger partial charge in [0, 0.05) is 24.0 Å². The molecular weight excluding hydrogens is 534 g/mol. The first-order chi connectivity index (χ1) is 20.1. The molecule has 0 fully saturated rings. The number of hydrogen-bond donors (Lipinski definition) is 0. The highest BCUT2D eigenvalue weighted by atomic mass is 16.6. The average molecular weight is 578 g/mol. The Morgan fingerprint density at radius 2 is 1.02 bits per heavy atom. The molecule has 43 heavy (non-hydrogen) atoms. The average Bonchev–Trinajstić information content (AvgIpc) is 2.92. The Hall–Kier alpha value is -4.43. The zero-order chi connectivity index (χ0) is 31.8. The van der Waals surface area contributed by atoms with Gasteiger partial charge in [-0.05, 0) is 95.4 Å². The Morgan fingerprint density at radius 1 is 0.651 bits per heavy atom. The Morgan fingerprint density at radius 3 is 1.37 bits per heavy atom. The maximum absolute atomic E-state index is 13.7. The van der Waals surface area contributed by atoms with E-state index in [-0.39, 0.29) is 12.8 Å². The summed E-state index contributed by atoms with van der Waals surface area (Å²) in [7, 11) is 0. The Kier molecular flexibility index (Phi) is 10.5. The second-order valence-corrected chi connectivity index (χ2v) is 13.0. The van der Waals surface area contributed by atoms with E-state index in [0.717, 1.165) is 22.3 Å². The van der Waals surface area contributed by atoms with Crippen molar-refractivity contribution in [3.63, 3.8) is 0 Å². The maximum Gasteiger partial charge on any atom is 0.334 e. The minimum atomic E-state index is -1.29. The minimum Gasteiger partial charge on any atom is -0.457 e. The lowest BCUT2D eigenvalue weighted by molar-refractivity contribution is -0.150. The number of rotatable bonds is 9. The molecule has 0 amide bonds. The molecule has 0 saturated carbocycles. The number of nitrogens with zero attached hydrogens (tertiary/aromatic N) is 1. The van der Waals surface area contributed by atoms with Crippen molar-refractivity contribution in [1.29, 1.82) is 5.26 Å². The fourth-order valence-corrected chi connectivity index (χ4v) is 4.74. The van der Waals surface area contributed by atoms with Gasteiger partial charge in [0.25, 0.3) is 0 Å². The molecule has 0 bridgehead atoms. The van der Waals surface area contributed by atoms with Crippen molar-refractivity contribution in [2.45, 2.75) is 84.8 Å². The summed E-state index contributed by atoms with van der Waals surface area (Å²) in [5.74, 6) is -1.01. The number of carbonyl (C=O) groups excluding carboxylic acids is 2. The van der Waals surface area contributed by atoms with Gasteiger partial charge in [-0.3, -0.25) is 0 Å². The number of nitriles is 1. The van der Waals surface area contributed by atoms with E-state index < -0.39 is 28.6 Å². The molecule has 3 aromatic carbocycles. The fraction of sp³-hybridized carbons (Fsp3) is 0.342. The van der Waals surface area contributed by atoms with Gasteiger partial charge in [0.1, 0.15) is 11.2 Å². The first-order valence-electron chi connectivity index (χ1n) is 14.6. The largest absolute Gasteiger partial charge is 0.457 e. The fourth-order valence-electron chi connectivity index (χ4n) is 4.74. The van der Waals surface area contributed by atoms with E-state index in [1.807, 2.05) is 134 Å². The molecule has 0 heterocycles. The molecule has 3 rings (SSSR count). The molecule has 0 spiro atoms. The molecule has 0 N–H and O–H groups in total. The van der Waals surface area contributed by atoms with Crippen LogP contribution in [0.3, 0.4) is 0 Å². The number of aryl methyl sites for hydroxylation is 2. The lowest BCUT2D eigenvalue weighted by Gasteiger charge is -2.31. The summed E-state index contributed by atoms with van der Waals surface area (Å²) in [6.45, 7) is 14.8. The Bertz CT molecular complexity index is 1450. The lowest BCUT2D eigenvalue weighted by atomic mass is 9.71. The monoisotopic (exact) mass is 577 g/mol. The SMILES string of the molecule is Cc1ccccc1/C=C(\CC(C#N)(C/C(=C\c1ccccc1C)C(=O)OC(C)(C)C)c1ccccc1)C(=O)OC(C)(C)C. The van der Waals surface area contributed by atoms with E-state index in [0.29, 0.717) is 16.7 Å². The van der Waals surface area contributed by atoms with Gasteiger partial charge in [0.05, 0.1) is 11.5 Å². The molecule has 3 aromatic rings. The van der Waals surface area contributed by atoms with Crippen LogP contribution in [0.25, 0.3) is 12.2 Å². The third-order valence-corrected chi connectivity index (χ3v) is 6.88. The second kappa shape index (κ2) is 13.7. The van der Waals surface area contributed by atoms with Crippen LogP contribution in [0.15, 0.2) is 90.0 Å². The van der Waals surface area contributed by atoms with Gasteiger partial charge in [0.15, 0.2) is 0 Å². The van der Waals surface area contributed by atoms with Crippen LogP contribution in [-0.4, -0.2) is 23.1 Å². The smallest absolute Gasteiger partial charge is 0.334 e. The van der Waals surface area contributed by atoms with Crippen LogP contribution in [0.1, 0.15) is 82.2 Å². The van der Waals surface area contributed by atoms with Crippen molar-refractivity contribution in [1.82, 2.24) is 0 Å². The van der Waals surface area contributed by atoms with Gasteiger partial charge < -0.3 is 9.47 Å². The van der Waals surface area contributed by atoms with Crippen LogP contribution < -0.4 is 0 Å². The van der Waals surface area contributed by atoms with Crippen LogP contribution in [-0.2, 0) is 24.5 Å². The summed E-state index contributed by atoms with van der Waals surface area (Å²) < 4.78 is 11.7. The molecule has 0 radical (unpaired) electrons. The molecule has 0 aliphatic rings. The predicted octanol–water partition coefficient (Wildman–Crippen LogP) is 8.70. The van der Waals surface area contributed by atoms with Crippen LogP contribution in [0.5, 0.6) is 0 Å². The van der Waals surface area contributed by atoms with Gasteiger partial charge in [-0.15, -0.1) is 0 Å². The van der Waals surface area contributed by atoms with Crippen molar-refractivity contribution in [2.75, 3.05) is 0 Å². The van der Waals surface area contributed by atoms with Gasteiger partial charge in [0.2, 0.25) is 0 Å². The molecule has 0 aromatic heterocycles. The van der Waals surface area contributed by atoms with Crippen LogP contribution in [0, 0.1) is 25.2 Å². The van der Waals surface area contributed by atoms with Crippen molar-refractivity contribution in [3.8, 4) is 6.07 Å². The molecule has 0 atom stereocenters. The standard InChI is InChI=1S/C38H43NO4/c1-27-16-12-14-18-29(27)22-31(34(40)42-36(3,4)5)24-38(26-39,33-20-10-9-11-21-33)25-32(35(41)43-37(6,7)8)23-30-19-15-13-17-28(30)2/h9-23H,24-25H2,1-8H3/b31-22+,32-23+. The van der Waals surface area contributed by atoms with Crippen LogP contribution in [0.2, 0.25) is 0 Å². The summed E-state index contributed by atoms with van der Waals surface area (Å²) in [4.78, 5) is 27.5. The molecule has 0 saturated heterocycles. The number of benzene rings is 3. The summed E-state index contributed by atoms with van der Waals surface area (Å²) in [6, 6.07) is 27.4. The quantitative estimate of drug-likeness (QED) is 0.188. The summed E-state index contributed by atoms with van der Waals surface area (Å²) >= 11 is 0. The summed E-state index contributed by atoms with van der Waals surface area (Å²) in [5, 5.41) is 11.0. The lowest BCUT2D eigenvalue weighted by Crippen LogP contribution is -2.33. The zero-order valence-corrected chi connectivity index (χ0v) is 26.7. The van der Waals surface area contributed by atoms with E-state index in [9.17, 15) is 14.9 Å². The van der Waals surface area contributed by atoms with Crippen molar-refractivity contribution in [3.05, 3.63) is 118 Å². The van der Waals surface area contributed by atoms with E-state index >= 15 is 0 Å².